The molecule has 4 nitrogen and oxygen atoms in total. The van der Waals surface area contributed by atoms with Gasteiger partial charge < -0.3 is 19.6 Å². The normalized spacial score (nSPS) is 34.5. The second-order valence-electron chi connectivity index (χ2n) is 10.8. The lowest BCUT2D eigenvalue weighted by molar-refractivity contribution is -0.903. The van der Waals surface area contributed by atoms with Gasteiger partial charge in [-0.15, -0.1) is 0 Å². The Labute approximate surface area is 180 Å². The zero-order valence-corrected chi connectivity index (χ0v) is 18.2. The summed E-state index contributed by atoms with van der Waals surface area (Å²) in [4.78, 5) is 3.74. The number of benzene rings is 1. The molecule has 2 N–H and O–H groups in total. The van der Waals surface area contributed by atoms with Crippen LogP contribution in [0.15, 0.2) is 24.3 Å². The lowest BCUT2D eigenvalue weighted by atomic mass is 9.49. The highest BCUT2D eigenvalue weighted by atomic mass is 19.1. The van der Waals surface area contributed by atoms with E-state index in [1.165, 1.54) is 62.0 Å². The number of nitrogens with zero attached hydrogens (tertiary/aromatic N) is 1. The second kappa shape index (κ2) is 8.76. The lowest BCUT2D eigenvalue weighted by Gasteiger charge is -2.57. The van der Waals surface area contributed by atoms with Gasteiger partial charge in [-0.3, -0.25) is 0 Å². The maximum Gasteiger partial charge on any atom is 0.126 e. The molecule has 6 rings (SSSR count). The number of hydrogen-bond acceptors (Lipinski definition) is 3. The van der Waals surface area contributed by atoms with Gasteiger partial charge in [0.15, 0.2) is 0 Å². The van der Waals surface area contributed by atoms with Crippen molar-refractivity contribution >= 4 is 5.69 Å². The summed E-state index contributed by atoms with van der Waals surface area (Å²) in [6.07, 6.45) is 9.62. The summed E-state index contributed by atoms with van der Waals surface area (Å²) in [5.74, 6) is 2.81. The molecule has 5 fully saturated rings. The van der Waals surface area contributed by atoms with Crippen LogP contribution in [0.25, 0.3) is 0 Å². The molecule has 1 atom stereocenters. The lowest BCUT2D eigenvalue weighted by Crippen LogP contribution is -3.16. The van der Waals surface area contributed by atoms with E-state index in [2.05, 4.69) is 4.90 Å². The first-order valence-corrected chi connectivity index (χ1v) is 12.2. The van der Waals surface area contributed by atoms with Crippen molar-refractivity contribution in [2.45, 2.75) is 51.0 Å². The van der Waals surface area contributed by atoms with Gasteiger partial charge in [0.1, 0.15) is 18.5 Å². The molecule has 30 heavy (non-hydrogen) atoms. The topological polar surface area (TPSA) is 37.1 Å². The molecule has 1 aliphatic heterocycles. The molecule has 0 amide bonds. The van der Waals surface area contributed by atoms with Crippen molar-refractivity contribution in [1.29, 1.82) is 0 Å². The Kier molecular flexibility index (Phi) is 6.05. The highest BCUT2D eigenvalue weighted by molar-refractivity contribution is 5.46. The molecule has 0 unspecified atom stereocenters. The fourth-order valence-electron chi connectivity index (χ4n) is 7.43. The first kappa shape index (κ1) is 20.7. The van der Waals surface area contributed by atoms with Crippen LogP contribution in [0.3, 0.4) is 0 Å². The molecule has 1 saturated heterocycles. The summed E-state index contributed by atoms with van der Waals surface area (Å²) < 4.78 is 19.1. The minimum atomic E-state index is -0.381. The van der Waals surface area contributed by atoms with Gasteiger partial charge in [-0.2, -0.15) is 0 Å². The number of ether oxygens (including phenoxy) is 1. The number of nitrogens with one attached hydrogen (secondary N) is 1. The van der Waals surface area contributed by atoms with Gasteiger partial charge in [-0.1, -0.05) is 0 Å². The molecule has 5 heteroatoms. The molecule has 4 bridgehead atoms. The summed E-state index contributed by atoms with van der Waals surface area (Å²) in [5, 5.41) is 10.5. The van der Waals surface area contributed by atoms with Crippen molar-refractivity contribution in [2.75, 3.05) is 50.8 Å². The van der Waals surface area contributed by atoms with Gasteiger partial charge in [0.25, 0.3) is 0 Å². The average molecular weight is 418 g/mol. The smallest absolute Gasteiger partial charge is 0.126 e. The molecule has 0 radical (unpaired) electrons. The standard InChI is InChI=1S/C25H37FN2O2/c26-22-1-3-23(4-2-22)28-8-6-27(7-9-28)17-24(29)18-30-10-5-25-14-19-11-20(15-25)13-21(12-19)16-25/h1-4,19-21,24,29H,5-18H2/p+1/t19?,20?,21?,24-,25?/m1/s1. The number of aliphatic hydroxyl groups excluding tert-OH is 1. The van der Waals surface area contributed by atoms with E-state index >= 15 is 0 Å². The summed E-state index contributed by atoms with van der Waals surface area (Å²) in [7, 11) is 0. The number of halogens is 1. The average Bonchev–Trinajstić information content (AvgIpc) is 2.72. The number of hydrogen-bond donors (Lipinski definition) is 2. The van der Waals surface area contributed by atoms with Crippen LogP contribution in [0.1, 0.15) is 44.9 Å². The van der Waals surface area contributed by atoms with Crippen LogP contribution in [0.5, 0.6) is 0 Å². The van der Waals surface area contributed by atoms with Crippen LogP contribution in [0.2, 0.25) is 0 Å². The Morgan fingerprint density at radius 3 is 2.23 bits per heavy atom. The largest absolute Gasteiger partial charge is 0.385 e. The fraction of sp³-hybridized carbons (Fsp3) is 0.760. The number of rotatable bonds is 8. The van der Waals surface area contributed by atoms with Gasteiger partial charge in [0, 0.05) is 12.3 Å². The highest BCUT2D eigenvalue weighted by Crippen LogP contribution is 2.61. The van der Waals surface area contributed by atoms with Crippen molar-refractivity contribution in [3.63, 3.8) is 0 Å². The molecule has 1 aromatic carbocycles. The summed E-state index contributed by atoms with van der Waals surface area (Å²) in [6.45, 7) is 5.94. The van der Waals surface area contributed by atoms with Crippen LogP contribution in [0.4, 0.5) is 10.1 Å². The maximum absolute atomic E-state index is 13.1. The molecule has 5 aliphatic rings. The Balaban J connectivity index is 0.995. The third-order valence-corrected chi connectivity index (χ3v) is 8.44. The van der Waals surface area contributed by atoms with Gasteiger partial charge in [0.05, 0.1) is 32.8 Å². The van der Waals surface area contributed by atoms with Crippen molar-refractivity contribution in [1.82, 2.24) is 0 Å². The van der Waals surface area contributed by atoms with Crippen molar-refractivity contribution < 1.29 is 19.1 Å². The van der Waals surface area contributed by atoms with Crippen LogP contribution < -0.4 is 9.80 Å². The number of quaternary nitrogens is 1. The molecule has 1 aromatic rings. The predicted molar refractivity (Wildman–Crippen MR) is 116 cm³/mol. The summed E-state index contributed by atoms with van der Waals surface area (Å²) in [6, 6.07) is 6.76. The molecule has 0 spiro atoms. The van der Waals surface area contributed by atoms with E-state index in [1.54, 1.807) is 0 Å². The van der Waals surface area contributed by atoms with Crippen molar-refractivity contribution in [3.8, 4) is 0 Å². The third-order valence-electron chi connectivity index (χ3n) is 8.44. The molecular formula is C25H38FN2O2+. The van der Waals surface area contributed by atoms with Crippen LogP contribution in [0, 0.1) is 29.0 Å². The van der Waals surface area contributed by atoms with E-state index in [9.17, 15) is 9.50 Å². The molecule has 1 heterocycles. The number of piperazine rings is 1. The van der Waals surface area contributed by atoms with E-state index in [-0.39, 0.29) is 11.9 Å². The summed E-state index contributed by atoms with van der Waals surface area (Å²) in [5.41, 5.74) is 1.66. The Bertz CT molecular complexity index is 666. The molecule has 4 aliphatic carbocycles. The van der Waals surface area contributed by atoms with Crippen LogP contribution in [-0.2, 0) is 4.74 Å². The van der Waals surface area contributed by atoms with E-state index < -0.39 is 0 Å². The molecule has 4 saturated carbocycles. The Morgan fingerprint density at radius 2 is 1.63 bits per heavy atom. The highest BCUT2D eigenvalue weighted by Gasteiger charge is 2.50. The van der Waals surface area contributed by atoms with E-state index in [0.29, 0.717) is 12.0 Å². The van der Waals surface area contributed by atoms with Crippen molar-refractivity contribution in [2.24, 2.45) is 23.2 Å². The fourth-order valence-corrected chi connectivity index (χ4v) is 7.43. The van der Waals surface area contributed by atoms with Crippen LogP contribution >= 0.6 is 0 Å². The van der Waals surface area contributed by atoms with E-state index in [1.807, 2.05) is 12.1 Å². The number of aliphatic hydroxyl groups is 1. The van der Waals surface area contributed by atoms with Crippen LogP contribution in [-0.4, -0.2) is 57.1 Å². The first-order valence-electron chi connectivity index (χ1n) is 12.2. The van der Waals surface area contributed by atoms with Gasteiger partial charge in [-0.05, 0) is 92.4 Å². The molecular weight excluding hydrogens is 379 g/mol. The van der Waals surface area contributed by atoms with Gasteiger partial charge in [-0.25, -0.2) is 4.39 Å². The minimum Gasteiger partial charge on any atom is -0.385 e. The van der Waals surface area contributed by atoms with E-state index in [4.69, 9.17) is 4.74 Å². The Morgan fingerprint density at radius 1 is 1.03 bits per heavy atom. The molecule has 166 valence electrons. The van der Waals surface area contributed by atoms with Crippen molar-refractivity contribution in [3.05, 3.63) is 30.1 Å². The first-order chi connectivity index (χ1) is 14.6. The molecule has 0 aromatic heterocycles. The number of anilines is 1. The zero-order chi connectivity index (χ0) is 20.6. The SMILES string of the molecule is O[C@@H](COCCC12CC3CC(CC(C3)C1)C2)C[NH+]1CCN(c2ccc(F)cc2)CC1. The third kappa shape index (κ3) is 4.68. The quantitative estimate of drug-likeness (QED) is 0.639. The second-order valence-corrected chi connectivity index (χ2v) is 10.8. The predicted octanol–water partition coefficient (Wildman–Crippen LogP) is 2.51. The summed E-state index contributed by atoms with van der Waals surface area (Å²) >= 11 is 0. The maximum atomic E-state index is 13.1. The monoisotopic (exact) mass is 417 g/mol. The van der Waals surface area contributed by atoms with Gasteiger partial charge in [0.2, 0.25) is 0 Å². The zero-order valence-electron chi connectivity index (χ0n) is 18.2. The Hall–Kier alpha value is -1.17. The minimum absolute atomic E-state index is 0.186. The van der Waals surface area contributed by atoms with Gasteiger partial charge >= 0.3 is 0 Å². The van der Waals surface area contributed by atoms with E-state index in [0.717, 1.165) is 62.8 Å².